The number of nitrogens with zero attached hydrogens (tertiary/aromatic N) is 5. The molecule has 0 aliphatic carbocycles. The van der Waals surface area contributed by atoms with E-state index < -0.39 is 5.60 Å². The summed E-state index contributed by atoms with van der Waals surface area (Å²) in [6, 6.07) is 6.32. The molecule has 1 amide bonds. The van der Waals surface area contributed by atoms with Gasteiger partial charge in [-0.3, -0.25) is 0 Å². The van der Waals surface area contributed by atoms with Crippen molar-refractivity contribution in [3.05, 3.63) is 40.9 Å². The lowest BCUT2D eigenvalue weighted by atomic mass is 10.1. The number of carbonyl (C=O) groups excluding carboxylic acids is 1. The quantitative estimate of drug-likeness (QED) is 0.502. The average molecular weight is 462 g/mol. The molecule has 0 spiro atoms. The third-order valence-electron chi connectivity index (χ3n) is 5.24. The number of amides is 1. The number of piperazine rings is 1. The lowest BCUT2D eigenvalue weighted by Gasteiger charge is -2.36. The van der Waals surface area contributed by atoms with E-state index in [4.69, 9.17) is 27.9 Å². The second-order valence-electron chi connectivity index (χ2n) is 8.65. The molecule has 0 N–H and O–H groups in total. The molecule has 0 unspecified atom stereocenters. The maximum absolute atomic E-state index is 12.3. The molecule has 3 heterocycles. The van der Waals surface area contributed by atoms with E-state index in [1.54, 1.807) is 4.90 Å². The van der Waals surface area contributed by atoms with Crippen molar-refractivity contribution in [1.29, 1.82) is 0 Å². The van der Waals surface area contributed by atoms with Crippen LogP contribution in [0.2, 0.25) is 10.3 Å². The van der Waals surface area contributed by atoms with E-state index >= 15 is 0 Å². The number of hydrogen-bond acceptors (Lipinski definition) is 5. The second-order valence-corrected chi connectivity index (χ2v) is 9.39. The maximum atomic E-state index is 12.3. The molecule has 1 saturated heterocycles. The van der Waals surface area contributed by atoms with E-state index in [2.05, 4.69) is 37.6 Å². The summed E-state index contributed by atoms with van der Waals surface area (Å²) in [4.78, 5) is 24.6. The Labute approximate surface area is 191 Å². The molecule has 1 aromatic carbocycles. The number of anilines is 1. The molecule has 0 radical (unpaired) electrons. The maximum Gasteiger partial charge on any atom is 0.410 e. The largest absolute Gasteiger partial charge is 0.444 e. The highest BCUT2D eigenvalue weighted by Crippen LogP contribution is 2.35. The predicted octanol–water partition coefficient (Wildman–Crippen LogP) is 5.00. The van der Waals surface area contributed by atoms with Gasteiger partial charge >= 0.3 is 6.09 Å². The molecule has 0 bridgehead atoms. The van der Waals surface area contributed by atoms with Crippen molar-refractivity contribution in [2.24, 2.45) is 7.05 Å². The molecule has 4 rings (SSSR count). The van der Waals surface area contributed by atoms with Crippen molar-refractivity contribution >= 4 is 45.9 Å². The van der Waals surface area contributed by atoms with Crippen molar-refractivity contribution in [3.8, 4) is 11.3 Å². The monoisotopic (exact) mass is 461 g/mol. The number of hydrogen-bond donors (Lipinski definition) is 0. The summed E-state index contributed by atoms with van der Waals surface area (Å²) in [7, 11) is 1.99. The number of aryl methyl sites for hydroxylation is 1. The molecule has 2 aromatic heterocycles. The van der Waals surface area contributed by atoms with Gasteiger partial charge in [-0.25, -0.2) is 14.8 Å². The van der Waals surface area contributed by atoms with Gasteiger partial charge in [0.15, 0.2) is 0 Å². The zero-order chi connectivity index (χ0) is 22.3. The molecule has 0 saturated carbocycles. The van der Waals surface area contributed by atoms with Crippen LogP contribution in [0.1, 0.15) is 20.8 Å². The fraction of sp³-hybridized carbons (Fsp3) is 0.409. The van der Waals surface area contributed by atoms with E-state index in [0.29, 0.717) is 23.8 Å². The topological polar surface area (TPSA) is 63.5 Å². The van der Waals surface area contributed by atoms with Gasteiger partial charge in [0.1, 0.15) is 5.60 Å². The van der Waals surface area contributed by atoms with Gasteiger partial charge in [-0.15, -0.1) is 0 Å². The Bertz CT molecular complexity index is 1130. The Morgan fingerprint density at radius 3 is 2.52 bits per heavy atom. The number of benzene rings is 1. The zero-order valence-corrected chi connectivity index (χ0v) is 19.5. The summed E-state index contributed by atoms with van der Waals surface area (Å²) in [5.41, 5.74) is 3.21. The van der Waals surface area contributed by atoms with E-state index in [0.717, 1.165) is 35.2 Å². The van der Waals surface area contributed by atoms with Gasteiger partial charge in [-0.05, 0) is 44.5 Å². The molecule has 164 valence electrons. The first-order valence-corrected chi connectivity index (χ1v) is 10.9. The average Bonchev–Trinajstić information content (AvgIpc) is 3.04. The molecular formula is C22H25Cl2N5O2. The lowest BCUT2D eigenvalue weighted by molar-refractivity contribution is 0.0240. The van der Waals surface area contributed by atoms with E-state index in [-0.39, 0.29) is 11.4 Å². The van der Waals surface area contributed by atoms with Crippen LogP contribution in [0.5, 0.6) is 0 Å². The van der Waals surface area contributed by atoms with Crippen molar-refractivity contribution in [3.63, 3.8) is 0 Å². The summed E-state index contributed by atoms with van der Waals surface area (Å²) in [6.45, 7) is 8.39. The molecular weight excluding hydrogens is 437 g/mol. The smallest absolute Gasteiger partial charge is 0.410 e. The summed E-state index contributed by atoms with van der Waals surface area (Å²) >= 11 is 12.3. The summed E-state index contributed by atoms with van der Waals surface area (Å²) in [5.74, 6) is 0. The van der Waals surface area contributed by atoms with Crippen LogP contribution in [0.25, 0.3) is 22.2 Å². The standard InChI is InChI=1S/C22H25Cl2N5O2/c1-22(2,3)31-21(30)29-9-7-28(8-10-29)14-5-6-15-16(13-27(4)18(15)11-14)19-17(23)12-25-20(24)26-19/h5-6,11-13H,7-10H2,1-4H3. The molecule has 3 aromatic rings. The van der Waals surface area contributed by atoms with Crippen molar-refractivity contribution < 1.29 is 9.53 Å². The first-order chi connectivity index (χ1) is 14.6. The Morgan fingerprint density at radius 1 is 1.13 bits per heavy atom. The Balaban J connectivity index is 1.55. The van der Waals surface area contributed by atoms with E-state index in [1.807, 2.05) is 34.0 Å². The van der Waals surface area contributed by atoms with Crippen LogP contribution in [0, 0.1) is 0 Å². The van der Waals surface area contributed by atoms with Gasteiger partial charge in [0, 0.05) is 56.1 Å². The highest BCUT2D eigenvalue weighted by molar-refractivity contribution is 6.34. The minimum absolute atomic E-state index is 0.163. The number of aromatic nitrogens is 3. The highest BCUT2D eigenvalue weighted by Gasteiger charge is 2.26. The number of halogens is 2. The van der Waals surface area contributed by atoms with Gasteiger partial charge in [-0.1, -0.05) is 17.7 Å². The fourth-order valence-electron chi connectivity index (χ4n) is 3.77. The molecule has 1 aliphatic rings. The van der Waals surface area contributed by atoms with E-state index in [9.17, 15) is 4.79 Å². The minimum atomic E-state index is -0.486. The zero-order valence-electron chi connectivity index (χ0n) is 18.0. The Morgan fingerprint density at radius 2 is 1.84 bits per heavy atom. The number of rotatable bonds is 2. The molecule has 9 heteroatoms. The van der Waals surface area contributed by atoms with Gasteiger partial charge in [-0.2, -0.15) is 0 Å². The number of carbonyl (C=O) groups is 1. The Hall–Kier alpha value is -2.51. The molecule has 7 nitrogen and oxygen atoms in total. The fourth-order valence-corrected chi connectivity index (χ4v) is 4.09. The summed E-state index contributed by atoms with van der Waals surface area (Å²) in [5, 5.41) is 1.66. The van der Waals surface area contributed by atoms with Crippen LogP contribution in [0.3, 0.4) is 0 Å². The number of fused-ring (bicyclic) bond motifs is 1. The van der Waals surface area contributed by atoms with Crippen molar-refractivity contribution in [2.75, 3.05) is 31.1 Å². The second kappa shape index (κ2) is 8.20. The summed E-state index contributed by atoms with van der Waals surface area (Å²) < 4.78 is 7.54. The lowest BCUT2D eigenvalue weighted by Crippen LogP contribution is -2.50. The van der Waals surface area contributed by atoms with Crippen LogP contribution in [-0.2, 0) is 11.8 Å². The third kappa shape index (κ3) is 4.57. The predicted molar refractivity (Wildman–Crippen MR) is 124 cm³/mol. The van der Waals surface area contributed by atoms with Crippen molar-refractivity contribution in [2.45, 2.75) is 26.4 Å². The Kier molecular flexibility index (Phi) is 5.75. The first kappa shape index (κ1) is 21.7. The van der Waals surface area contributed by atoms with Gasteiger partial charge in [0.25, 0.3) is 0 Å². The van der Waals surface area contributed by atoms with Crippen molar-refractivity contribution in [1.82, 2.24) is 19.4 Å². The van der Waals surface area contributed by atoms with Crippen LogP contribution >= 0.6 is 23.2 Å². The highest BCUT2D eigenvalue weighted by atomic mass is 35.5. The van der Waals surface area contributed by atoms with Gasteiger partial charge in [0.2, 0.25) is 5.28 Å². The van der Waals surface area contributed by atoms with Crippen LogP contribution in [0.4, 0.5) is 10.5 Å². The third-order valence-corrected chi connectivity index (χ3v) is 5.70. The molecule has 1 aliphatic heterocycles. The van der Waals surface area contributed by atoms with Crippen LogP contribution < -0.4 is 4.90 Å². The normalized spacial score (nSPS) is 14.9. The molecule has 1 fully saturated rings. The van der Waals surface area contributed by atoms with Crippen LogP contribution in [-0.4, -0.2) is 57.3 Å². The van der Waals surface area contributed by atoms with Crippen LogP contribution in [0.15, 0.2) is 30.6 Å². The van der Waals surface area contributed by atoms with Gasteiger partial charge < -0.3 is 19.1 Å². The number of ether oxygens (including phenoxy) is 1. The first-order valence-electron chi connectivity index (χ1n) is 10.1. The van der Waals surface area contributed by atoms with E-state index in [1.165, 1.54) is 6.20 Å². The molecule has 31 heavy (non-hydrogen) atoms. The SMILES string of the molecule is Cn1cc(-c2nc(Cl)ncc2Cl)c2ccc(N3CCN(C(=O)OC(C)(C)C)CC3)cc21. The molecule has 0 atom stereocenters. The van der Waals surface area contributed by atoms with Gasteiger partial charge in [0.05, 0.1) is 22.4 Å². The summed E-state index contributed by atoms with van der Waals surface area (Å²) in [6.07, 6.45) is 3.26. The minimum Gasteiger partial charge on any atom is -0.444 e.